The number of piperidine rings is 1. The van der Waals surface area contributed by atoms with Crippen molar-refractivity contribution in [1.82, 2.24) is 9.88 Å². The van der Waals surface area contributed by atoms with Gasteiger partial charge in [0, 0.05) is 6.54 Å². The fourth-order valence-electron chi connectivity index (χ4n) is 2.05. The minimum absolute atomic E-state index is 0.794. The second-order valence-electron chi connectivity index (χ2n) is 4.13. The monoisotopic (exact) mass is 284 g/mol. The third kappa shape index (κ3) is 2.95. The molecule has 2 rings (SSSR count). The average Bonchev–Trinajstić information content (AvgIpc) is 2.31. The highest BCUT2D eigenvalue weighted by Gasteiger charge is 2.12. The van der Waals surface area contributed by atoms with Gasteiger partial charge in [0.15, 0.2) is 5.75 Å². The maximum absolute atomic E-state index is 5.17. The number of hydrogen-bond acceptors (Lipinski definition) is 3. The van der Waals surface area contributed by atoms with Crippen LogP contribution in [-0.4, -0.2) is 30.1 Å². The molecule has 0 amide bonds. The molecule has 0 bridgehead atoms. The van der Waals surface area contributed by atoms with Gasteiger partial charge in [-0.3, -0.25) is 4.90 Å². The van der Waals surface area contributed by atoms with Gasteiger partial charge in [-0.15, -0.1) is 0 Å². The Morgan fingerprint density at radius 1 is 1.31 bits per heavy atom. The molecule has 2 heterocycles. The van der Waals surface area contributed by atoms with Gasteiger partial charge in [0.25, 0.3) is 0 Å². The third-order valence-corrected chi connectivity index (χ3v) is 3.49. The lowest BCUT2D eigenvalue weighted by Gasteiger charge is -2.26. The van der Waals surface area contributed by atoms with Crippen molar-refractivity contribution in [3.05, 3.63) is 22.4 Å². The molecule has 1 aromatic heterocycles. The minimum Gasteiger partial charge on any atom is -0.494 e. The molecule has 0 atom stereocenters. The molecule has 1 aliphatic heterocycles. The van der Waals surface area contributed by atoms with Gasteiger partial charge < -0.3 is 4.74 Å². The van der Waals surface area contributed by atoms with Crippen molar-refractivity contribution in [2.75, 3.05) is 20.2 Å². The first-order chi connectivity index (χ1) is 7.79. The Hall–Kier alpha value is -0.610. The van der Waals surface area contributed by atoms with Crippen LogP contribution < -0.4 is 4.74 Å². The third-order valence-electron chi connectivity index (χ3n) is 2.93. The Kier molecular flexibility index (Phi) is 4.18. The molecule has 88 valence electrons. The summed E-state index contributed by atoms with van der Waals surface area (Å²) in [6, 6.07) is 4.01. The number of likely N-dealkylation sites (tertiary alicyclic amines) is 1. The maximum Gasteiger partial charge on any atom is 0.151 e. The van der Waals surface area contributed by atoms with Crippen molar-refractivity contribution < 1.29 is 4.74 Å². The highest BCUT2D eigenvalue weighted by Crippen LogP contribution is 2.23. The lowest BCUT2D eigenvalue weighted by atomic mass is 10.1. The van der Waals surface area contributed by atoms with Crippen LogP contribution in [0.5, 0.6) is 5.75 Å². The van der Waals surface area contributed by atoms with E-state index < -0.39 is 0 Å². The standard InChI is InChI=1S/C12H17BrN2O/c1-16-11-6-5-10(14-12(11)13)9-15-7-3-2-4-8-15/h5-6H,2-4,7-9H2,1H3. The molecule has 1 aliphatic rings. The van der Waals surface area contributed by atoms with E-state index in [1.165, 1.54) is 32.4 Å². The van der Waals surface area contributed by atoms with Crippen LogP contribution in [0.1, 0.15) is 25.0 Å². The number of nitrogens with zero attached hydrogens (tertiary/aromatic N) is 2. The molecular weight excluding hydrogens is 268 g/mol. The van der Waals surface area contributed by atoms with Gasteiger partial charge >= 0.3 is 0 Å². The summed E-state index contributed by atoms with van der Waals surface area (Å²) in [5.74, 6) is 0.794. The fraction of sp³-hybridized carbons (Fsp3) is 0.583. The van der Waals surface area contributed by atoms with Crippen LogP contribution in [0.15, 0.2) is 16.7 Å². The zero-order chi connectivity index (χ0) is 11.4. The molecule has 1 aromatic rings. The average molecular weight is 285 g/mol. The lowest BCUT2D eigenvalue weighted by molar-refractivity contribution is 0.218. The molecule has 0 unspecified atom stereocenters. The topological polar surface area (TPSA) is 25.4 Å². The van der Waals surface area contributed by atoms with Crippen LogP contribution in [0.3, 0.4) is 0 Å². The van der Waals surface area contributed by atoms with Gasteiger partial charge in [-0.25, -0.2) is 4.98 Å². The highest BCUT2D eigenvalue weighted by molar-refractivity contribution is 9.10. The largest absolute Gasteiger partial charge is 0.494 e. The lowest BCUT2D eigenvalue weighted by Crippen LogP contribution is -2.29. The molecule has 16 heavy (non-hydrogen) atoms. The number of rotatable bonds is 3. The molecule has 0 radical (unpaired) electrons. The quantitative estimate of drug-likeness (QED) is 0.798. The van der Waals surface area contributed by atoms with E-state index in [1.54, 1.807) is 7.11 Å². The Labute approximate surface area is 105 Å². The second-order valence-corrected chi connectivity index (χ2v) is 4.88. The smallest absolute Gasteiger partial charge is 0.151 e. The van der Waals surface area contributed by atoms with Crippen LogP contribution in [-0.2, 0) is 6.54 Å². The zero-order valence-electron chi connectivity index (χ0n) is 9.58. The Bertz CT molecular complexity index is 351. The van der Waals surface area contributed by atoms with Crippen LogP contribution in [0, 0.1) is 0 Å². The van der Waals surface area contributed by atoms with Gasteiger partial charge in [-0.05, 0) is 54.0 Å². The molecule has 0 aliphatic carbocycles. The van der Waals surface area contributed by atoms with Crippen molar-refractivity contribution >= 4 is 15.9 Å². The molecule has 4 heteroatoms. The van der Waals surface area contributed by atoms with Crippen molar-refractivity contribution in [1.29, 1.82) is 0 Å². The summed E-state index contributed by atoms with van der Waals surface area (Å²) in [5, 5.41) is 0. The van der Waals surface area contributed by atoms with Crippen LogP contribution in [0.25, 0.3) is 0 Å². The number of aromatic nitrogens is 1. The van der Waals surface area contributed by atoms with Gasteiger partial charge in [0.2, 0.25) is 0 Å². The first kappa shape index (κ1) is 11.9. The Morgan fingerprint density at radius 2 is 2.06 bits per heavy atom. The molecule has 1 saturated heterocycles. The van der Waals surface area contributed by atoms with E-state index >= 15 is 0 Å². The first-order valence-electron chi connectivity index (χ1n) is 5.71. The van der Waals surface area contributed by atoms with Crippen molar-refractivity contribution in [3.8, 4) is 5.75 Å². The molecule has 0 spiro atoms. The summed E-state index contributed by atoms with van der Waals surface area (Å²) in [7, 11) is 1.66. The molecule has 0 saturated carbocycles. The summed E-state index contributed by atoms with van der Waals surface area (Å²) in [5.41, 5.74) is 1.11. The van der Waals surface area contributed by atoms with E-state index in [1.807, 2.05) is 12.1 Å². The summed E-state index contributed by atoms with van der Waals surface area (Å²) < 4.78 is 5.96. The summed E-state index contributed by atoms with van der Waals surface area (Å²) in [6.45, 7) is 3.35. The van der Waals surface area contributed by atoms with Gasteiger partial charge in [0.1, 0.15) is 4.60 Å². The Morgan fingerprint density at radius 3 is 2.69 bits per heavy atom. The molecule has 0 N–H and O–H groups in total. The van der Waals surface area contributed by atoms with Crippen LogP contribution in [0.4, 0.5) is 0 Å². The van der Waals surface area contributed by atoms with Gasteiger partial charge in [-0.2, -0.15) is 0 Å². The normalized spacial score (nSPS) is 17.4. The summed E-state index contributed by atoms with van der Waals surface area (Å²) in [6.07, 6.45) is 4.00. The van der Waals surface area contributed by atoms with Gasteiger partial charge in [-0.1, -0.05) is 6.42 Å². The summed E-state index contributed by atoms with van der Waals surface area (Å²) in [4.78, 5) is 6.95. The van der Waals surface area contributed by atoms with E-state index in [-0.39, 0.29) is 0 Å². The first-order valence-corrected chi connectivity index (χ1v) is 6.50. The summed E-state index contributed by atoms with van der Waals surface area (Å²) >= 11 is 3.42. The second kappa shape index (κ2) is 5.64. The minimum atomic E-state index is 0.794. The van der Waals surface area contributed by atoms with E-state index in [9.17, 15) is 0 Å². The number of halogens is 1. The van der Waals surface area contributed by atoms with E-state index in [2.05, 4.69) is 25.8 Å². The molecule has 3 nitrogen and oxygen atoms in total. The number of hydrogen-bond donors (Lipinski definition) is 0. The van der Waals surface area contributed by atoms with Crippen LogP contribution >= 0.6 is 15.9 Å². The molecule has 0 aromatic carbocycles. The number of pyridine rings is 1. The zero-order valence-corrected chi connectivity index (χ0v) is 11.2. The SMILES string of the molecule is COc1ccc(CN2CCCCC2)nc1Br. The Balaban J connectivity index is 2.01. The van der Waals surface area contributed by atoms with Gasteiger partial charge in [0.05, 0.1) is 12.8 Å². The number of methoxy groups -OCH3 is 1. The van der Waals surface area contributed by atoms with Crippen molar-refractivity contribution in [2.45, 2.75) is 25.8 Å². The van der Waals surface area contributed by atoms with Crippen molar-refractivity contribution in [2.24, 2.45) is 0 Å². The maximum atomic E-state index is 5.17. The predicted molar refractivity (Wildman–Crippen MR) is 67.6 cm³/mol. The number of ether oxygens (including phenoxy) is 1. The molecular formula is C12H17BrN2O. The van der Waals surface area contributed by atoms with Crippen molar-refractivity contribution in [3.63, 3.8) is 0 Å². The predicted octanol–water partition coefficient (Wildman–Crippen LogP) is 2.84. The highest BCUT2D eigenvalue weighted by atomic mass is 79.9. The van der Waals surface area contributed by atoms with E-state index in [0.29, 0.717) is 0 Å². The fourth-order valence-corrected chi connectivity index (χ4v) is 2.57. The van der Waals surface area contributed by atoms with E-state index in [4.69, 9.17) is 4.74 Å². The van der Waals surface area contributed by atoms with E-state index in [0.717, 1.165) is 22.6 Å². The van der Waals surface area contributed by atoms with Crippen LogP contribution in [0.2, 0.25) is 0 Å². The molecule has 1 fully saturated rings.